The number of aromatic nitrogens is 2. The maximum Gasteiger partial charge on any atom is 0.241 e. The van der Waals surface area contributed by atoms with Crippen LogP contribution in [0.4, 0.5) is 10.3 Å². The van der Waals surface area contributed by atoms with Crippen LogP contribution < -0.4 is 10.6 Å². The van der Waals surface area contributed by atoms with E-state index in [0.717, 1.165) is 114 Å². The van der Waals surface area contributed by atoms with Gasteiger partial charge < -0.3 is 30.2 Å². The second-order valence-electron chi connectivity index (χ2n) is 12.5. The van der Waals surface area contributed by atoms with Gasteiger partial charge in [0.1, 0.15) is 0 Å². The number of thiazole rings is 2. The van der Waals surface area contributed by atoms with E-state index in [1.807, 2.05) is 40.6 Å². The fourth-order valence-electron chi connectivity index (χ4n) is 6.60. The number of anilines is 2. The van der Waals surface area contributed by atoms with Crippen molar-refractivity contribution in [3.63, 3.8) is 0 Å². The molecule has 2 N–H and O–H groups in total. The molecule has 5 heterocycles. The maximum absolute atomic E-state index is 13.1. The van der Waals surface area contributed by atoms with E-state index in [2.05, 4.69) is 16.7 Å². The highest BCUT2D eigenvalue weighted by molar-refractivity contribution is 7.24. The smallest absolute Gasteiger partial charge is 0.241 e. The molecule has 2 aromatic heterocycles. The van der Waals surface area contributed by atoms with Gasteiger partial charge in [-0.1, -0.05) is 22.7 Å². The maximum atomic E-state index is 13.1. The summed E-state index contributed by atoms with van der Waals surface area (Å²) >= 11 is 3.11. The Morgan fingerprint density at radius 3 is 1.67 bits per heavy atom. The first-order valence-electron chi connectivity index (χ1n) is 15.4. The summed E-state index contributed by atoms with van der Waals surface area (Å²) in [5.41, 5.74) is 3.06. The quantitative estimate of drug-likeness (QED) is 0.391. The summed E-state index contributed by atoms with van der Waals surface area (Å²) in [4.78, 5) is 55.3. The van der Waals surface area contributed by atoms with Crippen LogP contribution in [0.2, 0.25) is 0 Å². The largest absolute Gasteiger partial charge is 0.352 e. The molecule has 3 amide bonds. The van der Waals surface area contributed by atoms with Crippen LogP contribution in [0.15, 0.2) is 6.07 Å². The van der Waals surface area contributed by atoms with Gasteiger partial charge >= 0.3 is 0 Å². The molecule has 0 aliphatic carbocycles. The Labute approximate surface area is 260 Å². The first-order chi connectivity index (χ1) is 20.7. The van der Waals surface area contributed by atoms with E-state index in [0.29, 0.717) is 6.54 Å². The van der Waals surface area contributed by atoms with Crippen LogP contribution in [0.25, 0.3) is 20.4 Å². The summed E-state index contributed by atoms with van der Waals surface area (Å²) in [6.45, 7) is 7.88. The lowest BCUT2D eigenvalue weighted by molar-refractivity contribution is -0.136. The van der Waals surface area contributed by atoms with Crippen molar-refractivity contribution in [2.45, 2.75) is 45.4 Å². The topological polar surface area (TPSA) is 114 Å². The Kier molecular flexibility index (Phi) is 8.74. The minimum absolute atomic E-state index is 0.103. The molecule has 13 heteroatoms. The van der Waals surface area contributed by atoms with Crippen molar-refractivity contribution < 1.29 is 14.4 Å². The number of carbonyl (C=O) groups is 3. The Morgan fingerprint density at radius 2 is 1.21 bits per heavy atom. The van der Waals surface area contributed by atoms with Crippen molar-refractivity contribution in [3.05, 3.63) is 11.6 Å². The van der Waals surface area contributed by atoms with E-state index in [1.165, 1.54) is 0 Å². The zero-order chi connectivity index (χ0) is 30.1. The van der Waals surface area contributed by atoms with Gasteiger partial charge in [-0.3, -0.25) is 14.4 Å². The van der Waals surface area contributed by atoms with Gasteiger partial charge in [-0.2, -0.15) is 0 Å². The average molecular weight is 627 g/mol. The molecule has 0 radical (unpaired) electrons. The zero-order valence-electron chi connectivity index (χ0n) is 25.4. The predicted octanol–water partition coefficient (Wildman–Crippen LogP) is 3.45. The number of amides is 3. The summed E-state index contributed by atoms with van der Waals surface area (Å²) in [6.07, 6.45) is 6.22. The summed E-state index contributed by atoms with van der Waals surface area (Å²) in [5.74, 6) is 0.438. The molecular formula is C30H42N8O3S2. The van der Waals surface area contributed by atoms with Crippen LogP contribution in [-0.4, -0.2) is 120 Å². The van der Waals surface area contributed by atoms with Gasteiger partial charge in [0.05, 0.1) is 40.1 Å². The first-order valence-corrected chi connectivity index (χ1v) is 17.0. The predicted molar refractivity (Wildman–Crippen MR) is 173 cm³/mol. The van der Waals surface area contributed by atoms with E-state index in [1.54, 1.807) is 22.7 Å². The van der Waals surface area contributed by atoms with Gasteiger partial charge in [0.15, 0.2) is 10.3 Å². The summed E-state index contributed by atoms with van der Waals surface area (Å²) < 4.78 is 2.11. The number of carbonyl (C=O) groups excluding carboxylic acids is 3. The number of nitrogens with zero attached hydrogens (tertiary/aromatic N) is 6. The molecule has 0 bridgehead atoms. The summed E-state index contributed by atoms with van der Waals surface area (Å²) in [5, 5.41) is 7.98. The number of likely N-dealkylation sites (tertiary alicyclic amines) is 3. The lowest BCUT2D eigenvalue weighted by Crippen LogP contribution is -2.51. The molecule has 3 aliphatic heterocycles. The number of rotatable bonds is 8. The molecule has 232 valence electrons. The standard InChI is InChI=1S/C30H42N8O3S2/c1-20-26-21(42-28(33-26)31-17-23(39)36-10-4-5-11-36)16-22-27(20)34-29(43-22)32-18-24(40)37-12-6-30(7-13-37)8-14-38(15-9-30)25(41)19-35(2)3/h16H,4-15,17-19H2,1-3H3,(H,31,33)(H,32,34). The van der Waals surface area contributed by atoms with Crippen LogP contribution in [0, 0.1) is 12.3 Å². The molecule has 3 aromatic rings. The van der Waals surface area contributed by atoms with Crippen molar-refractivity contribution in [1.29, 1.82) is 0 Å². The number of hydrogen-bond acceptors (Lipinski definition) is 10. The van der Waals surface area contributed by atoms with Crippen molar-refractivity contribution in [2.75, 3.05) is 83.6 Å². The Hall–Kier alpha value is -3.03. The average Bonchev–Trinajstić information content (AvgIpc) is 3.76. The van der Waals surface area contributed by atoms with Crippen LogP contribution in [0.1, 0.15) is 44.1 Å². The molecule has 1 spiro atoms. The molecule has 43 heavy (non-hydrogen) atoms. The minimum Gasteiger partial charge on any atom is -0.352 e. The monoisotopic (exact) mass is 626 g/mol. The fourth-order valence-corrected chi connectivity index (χ4v) is 8.60. The van der Waals surface area contributed by atoms with Crippen LogP contribution in [-0.2, 0) is 14.4 Å². The summed E-state index contributed by atoms with van der Waals surface area (Å²) in [6, 6.07) is 2.11. The molecule has 3 aliphatic rings. The molecule has 11 nitrogen and oxygen atoms in total. The summed E-state index contributed by atoms with van der Waals surface area (Å²) in [7, 11) is 3.86. The third-order valence-electron chi connectivity index (χ3n) is 9.32. The first kappa shape index (κ1) is 30.0. The van der Waals surface area contributed by atoms with Gasteiger partial charge in [0.2, 0.25) is 17.7 Å². The lowest BCUT2D eigenvalue weighted by Gasteiger charge is -2.47. The van der Waals surface area contributed by atoms with E-state index in [9.17, 15) is 14.4 Å². The highest BCUT2D eigenvalue weighted by Crippen LogP contribution is 2.41. The van der Waals surface area contributed by atoms with Crippen LogP contribution in [0.5, 0.6) is 0 Å². The molecule has 3 saturated heterocycles. The molecule has 6 rings (SSSR count). The van der Waals surface area contributed by atoms with Gasteiger partial charge in [-0.05, 0) is 71.0 Å². The Morgan fingerprint density at radius 1 is 0.767 bits per heavy atom. The van der Waals surface area contributed by atoms with Crippen molar-refractivity contribution in [1.82, 2.24) is 29.6 Å². The number of benzene rings is 1. The van der Waals surface area contributed by atoms with Crippen LogP contribution in [0.3, 0.4) is 0 Å². The minimum atomic E-state index is 0.103. The van der Waals surface area contributed by atoms with Crippen molar-refractivity contribution in [3.8, 4) is 0 Å². The van der Waals surface area contributed by atoms with Gasteiger partial charge in [0.25, 0.3) is 0 Å². The number of hydrogen-bond donors (Lipinski definition) is 2. The van der Waals surface area contributed by atoms with Crippen molar-refractivity contribution in [2.24, 2.45) is 5.41 Å². The Balaban J connectivity index is 1.00. The Bertz CT molecular complexity index is 1490. The second-order valence-corrected chi connectivity index (χ2v) is 14.6. The number of likely N-dealkylation sites (N-methyl/N-ethyl adjacent to an activating group) is 1. The molecule has 0 unspecified atom stereocenters. The molecule has 0 saturated carbocycles. The SMILES string of the molecule is Cc1c2nc(NCC(=O)N3CCCC3)sc2cc2sc(NCC(=O)N3CCC4(CC3)CCN(C(=O)CN(C)C)CC4)nc12. The van der Waals surface area contributed by atoms with Crippen molar-refractivity contribution >= 4 is 71.1 Å². The van der Waals surface area contributed by atoms with Gasteiger partial charge in [0, 0.05) is 44.8 Å². The lowest BCUT2D eigenvalue weighted by atomic mass is 9.71. The highest BCUT2D eigenvalue weighted by atomic mass is 32.1. The van der Waals surface area contributed by atoms with E-state index >= 15 is 0 Å². The second kappa shape index (κ2) is 12.5. The van der Waals surface area contributed by atoms with Gasteiger partial charge in [-0.15, -0.1) is 0 Å². The molecule has 1 aromatic carbocycles. The highest BCUT2D eigenvalue weighted by Gasteiger charge is 2.39. The number of piperidine rings is 2. The zero-order valence-corrected chi connectivity index (χ0v) is 27.0. The number of aryl methyl sites for hydroxylation is 1. The number of fused-ring (bicyclic) bond motifs is 2. The van der Waals surface area contributed by atoms with Crippen LogP contribution >= 0.6 is 22.7 Å². The van der Waals surface area contributed by atoms with E-state index in [4.69, 9.17) is 9.97 Å². The normalized spacial score (nSPS) is 18.7. The van der Waals surface area contributed by atoms with E-state index < -0.39 is 0 Å². The van der Waals surface area contributed by atoms with Gasteiger partial charge in [-0.25, -0.2) is 9.97 Å². The third kappa shape index (κ3) is 6.58. The molecule has 3 fully saturated rings. The molecule has 0 atom stereocenters. The fraction of sp³-hybridized carbons (Fsp3) is 0.633. The third-order valence-corrected chi connectivity index (χ3v) is 11.2. The number of nitrogens with one attached hydrogen (secondary N) is 2. The molecular weight excluding hydrogens is 585 g/mol. The van der Waals surface area contributed by atoms with E-state index in [-0.39, 0.29) is 36.2 Å².